The number of benzene rings is 1. The maximum absolute atomic E-state index is 14.1. The van der Waals surface area contributed by atoms with E-state index in [4.69, 9.17) is 5.11 Å². The third-order valence-corrected chi connectivity index (χ3v) is 5.43. The Morgan fingerprint density at radius 3 is 2.70 bits per heavy atom. The van der Waals surface area contributed by atoms with Gasteiger partial charge in [0.15, 0.2) is 5.82 Å². The molecule has 0 aliphatic carbocycles. The van der Waals surface area contributed by atoms with Gasteiger partial charge in [0.25, 0.3) is 0 Å². The van der Waals surface area contributed by atoms with E-state index in [1.165, 1.54) is 4.31 Å². The SMILES string of the molecule is CC1CCCN(S(=O)(=O)c2ccc(F)c(CO)c2F)C1. The zero-order valence-corrected chi connectivity index (χ0v) is 12.0. The van der Waals surface area contributed by atoms with Crippen LogP contribution in [0.1, 0.15) is 25.3 Å². The predicted molar refractivity (Wildman–Crippen MR) is 69.4 cm³/mol. The number of sulfonamides is 1. The van der Waals surface area contributed by atoms with Gasteiger partial charge in [-0.1, -0.05) is 6.92 Å². The molecule has 1 aliphatic heterocycles. The number of hydrogen-bond donors (Lipinski definition) is 1. The van der Waals surface area contributed by atoms with Crippen molar-refractivity contribution in [2.75, 3.05) is 13.1 Å². The van der Waals surface area contributed by atoms with Crippen molar-refractivity contribution in [3.63, 3.8) is 0 Å². The van der Waals surface area contributed by atoms with Crippen molar-refractivity contribution in [2.45, 2.75) is 31.3 Å². The van der Waals surface area contributed by atoms with E-state index >= 15 is 0 Å². The summed E-state index contributed by atoms with van der Waals surface area (Å²) in [6, 6.07) is 1.79. The van der Waals surface area contributed by atoms with Gasteiger partial charge < -0.3 is 5.11 Å². The van der Waals surface area contributed by atoms with E-state index in [2.05, 4.69) is 0 Å². The molecule has 0 saturated carbocycles. The zero-order valence-electron chi connectivity index (χ0n) is 11.1. The fraction of sp³-hybridized carbons (Fsp3) is 0.538. The van der Waals surface area contributed by atoms with Gasteiger partial charge in [-0.2, -0.15) is 4.31 Å². The van der Waals surface area contributed by atoms with Crippen LogP contribution in [0, 0.1) is 17.6 Å². The smallest absolute Gasteiger partial charge is 0.246 e. The Hall–Kier alpha value is -1.05. The summed E-state index contributed by atoms with van der Waals surface area (Å²) < 4.78 is 53.4. The molecule has 0 radical (unpaired) electrons. The molecule has 1 saturated heterocycles. The Bertz CT molecular complexity index is 604. The fourth-order valence-corrected chi connectivity index (χ4v) is 4.11. The summed E-state index contributed by atoms with van der Waals surface area (Å²) >= 11 is 0. The lowest BCUT2D eigenvalue weighted by Gasteiger charge is -2.30. The van der Waals surface area contributed by atoms with Crippen LogP contribution in [0.2, 0.25) is 0 Å². The van der Waals surface area contributed by atoms with E-state index in [9.17, 15) is 17.2 Å². The van der Waals surface area contributed by atoms with Gasteiger partial charge in [-0.15, -0.1) is 0 Å². The molecule has 0 spiro atoms. The standard InChI is InChI=1S/C13H17F2NO3S/c1-9-3-2-6-16(7-9)20(18,19)12-5-4-11(14)10(8-17)13(12)15/h4-5,9,17H,2-3,6-8H2,1H3. The maximum atomic E-state index is 14.1. The first kappa shape index (κ1) is 15.3. The first-order valence-electron chi connectivity index (χ1n) is 6.45. The van der Waals surface area contributed by atoms with Crippen LogP contribution in [0.4, 0.5) is 8.78 Å². The monoisotopic (exact) mass is 305 g/mol. The molecule has 4 nitrogen and oxygen atoms in total. The molecule has 0 bridgehead atoms. The number of aliphatic hydroxyl groups is 1. The van der Waals surface area contributed by atoms with E-state index in [1.54, 1.807) is 0 Å². The molecule has 1 heterocycles. The van der Waals surface area contributed by atoms with Crippen LogP contribution in [0.15, 0.2) is 17.0 Å². The van der Waals surface area contributed by atoms with Gasteiger partial charge in [-0.05, 0) is 30.9 Å². The summed E-state index contributed by atoms with van der Waals surface area (Å²) in [5.74, 6) is -1.94. The topological polar surface area (TPSA) is 57.6 Å². The molecule has 7 heteroatoms. The largest absolute Gasteiger partial charge is 0.391 e. The van der Waals surface area contributed by atoms with Crippen molar-refractivity contribution in [3.8, 4) is 0 Å². The molecule has 0 amide bonds. The highest BCUT2D eigenvalue weighted by molar-refractivity contribution is 7.89. The minimum Gasteiger partial charge on any atom is -0.391 e. The second-order valence-corrected chi connectivity index (χ2v) is 7.01. The summed E-state index contributed by atoms with van der Waals surface area (Å²) in [5.41, 5.74) is -0.615. The second-order valence-electron chi connectivity index (χ2n) is 5.11. The molecule has 0 aromatic heterocycles. The summed E-state index contributed by atoms with van der Waals surface area (Å²) in [4.78, 5) is -0.572. The average Bonchev–Trinajstić information content (AvgIpc) is 2.39. The molecular formula is C13H17F2NO3S. The highest BCUT2D eigenvalue weighted by Gasteiger charge is 2.32. The normalized spacial score (nSPS) is 21.1. The number of halogens is 2. The lowest BCUT2D eigenvalue weighted by atomic mass is 10.0. The van der Waals surface area contributed by atoms with E-state index in [0.717, 1.165) is 25.0 Å². The van der Waals surface area contributed by atoms with Gasteiger partial charge in [0.05, 0.1) is 12.2 Å². The van der Waals surface area contributed by atoms with Crippen LogP contribution in [-0.2, 0) is 16.6 Å². The Balaban J connectivity index is 2.44. The highest BCUT2D eigenvalue weighted by Crippen LogP contribution is 2.27. The molecule has 2 rings (SSSR count). The maximum Gasteiger partial charge on any atom is 0.246 e. The van der Waals surface area contributed by atoms with Crippen molar-refractivity contribution < 1.29 is 22.3 Å². The van der Waals surface area contributed by atoms with Crippen LogP contribution < -0.4 is 0 Å². The number of aliphatic hydroxyl groups excluding tert-OH is 1. The first-order valence-corrected chi connectivity index (χ1v) is 7.89. The van der Waals surface area contributed by atoms with Crippen LogP contribution >= 0.6 is 0 Å². The van der Waals surface area contributed by atoms with E-state index in [0.29, 0.717) is 13.1 Å². The molecule has 1 aromatic rings. The van der Waals surface area contributed by atoms with Crippen LogP contribution in [0.3, 0.4) is 0 Å². The molecule has 1 unspecified atom stereocenters. The van der Waals surface area contributed by atoms with Gasteiger partial charge in [-0.25, -0.2) is 17.2 Å². The molecule has 20 heavy (non-hydrogen) atoms. The summed E-state index contributed by atoms with van der Waals surface area (Å²) in [7, 11) is -3.99. The van der Waals surface area contributed by atoms with Crippen molar-refractivity contribution in [1.29, 1.82) is 0 Å². The predicted octanol–water partition coefficient (Wildman–Crippen LogP) is 1.88. The van der Waals surface area contributed by atoms with Gasteiger partial charge in [0, 0.05) is 13.1 Å². The van der Waals surface area contributed by atoms with E-state index in [-0.39, 0.29) is 5.92 Å². The minimum absolute atomic E-state index is 0.208. The summed E-state index contributed by atoms with van der Waals surface area (Å²) in [6.45, 7) is 1.71. The number of hydrogen-bond acceptors (Lipinski definition) is 3. The molecule has 1 fully saturated rings. The Morgan fingerprint density at radius 1 is 1.40 bits per heavy atom. The summed E-state index contributed by atoms with van der Waals surface area (Å²) in [6.07, 6.45) is 1.65. The van der Waals surface area contributed by atoms with Crippen molar-refractivity contribution in [2.24, 2.45) is 5.92 Å². The zero-order chi connectivity index (χ0) is 14.9. The van der Waals surface area contributed by atoms with Crippen molar-refractivity contribution in [1.82, 2.24) is 4.31 Å². The lowest BCUT2D eigenvalue weighted by molar-refractivity contribution is 0.266. The van der Waals surface area contributed by atoms with Crippen molar-refractivity contribution in [3.05, 3.63) is 29.3 Å². The fourth-order valence-electron chi connectivity index (χ4n) is 2.42. The van der Waals surface area contributed by atoms with Gasteiger partial charge in [0.1, 0.15) is 10.7 Å². The Kier molecular flexibility index (Phi) is 4.41. The molecule has 1 aliphatic rings. The van der Waals surface area contributed by atoms with Crippen molar-refractivity contribution >= 4 is 10.0 Å². The Morgan fingerprint density at radius 2 is 2.10 bits per heavy atom. The third kappa shape index (κ3) is 2.70. The van der Waals surface area contributed by atoms with Crippen LogP contribution in [0.25, 0.3) is 0 Å². The number of nitrogens with zero attached hydrogens (tertiary/aromatic N) is 1. The average molecular weight is 305 g/mol. The third-order valence-electron chi connectivity index (χ3n) is 3.55. The molecule has 1 atom stereocenters. The molecular weight excluding hydrogens is 288 g/mol. The molecule has 112 valence electrons. The number of piperidine rings is 1. The Labute approximate surface area is 117 Å². The van der Waals surface area contributed by atoms with Gasteiger partial charge >= 0.3 is 0 Å². The van der Waals surface area contributed by atoms with Gasteiger partial charge in [-0.3, -0.25) is 0 Å². The minimum atomic E-state index is -3.99. The van der Waals surface area contributed by atoms with Crippen LogP contribution in [0.5, 0.6) is 0 Å². The molecule has 1 aromatic carbocycles. The van der Waals surface area contributed by atoms with Gasteiger partial charge in [0.2, 0.25) is 10.0 Å². The first-order chi connectivity index (χ1) is 9.37. The lowest BCUT2D eigenvalue weighted by Crippen LogP contribution is -2.39. The summed E-state index contributed by atoms with van der Waals surface area (Å²) in [5, 5.41) is 8.95. The van der Waals surface area contributed by atoms with Crippen LogP contribution in [-0.4, -0.2) is 30.9 Å². The molecule has 1 N–H and O–H groups in total. The highest BCUT2D eigenvalue weighted by atomic mass is 32.2. The van der Waals surface area contributed by atoms with E-state index < -0.39 is 38.7 Å². The number of rotatable bonds is 3. The second kappa shape index (κ2) is 5.75. The van der Waals surface area contributed by atoms with E-state index in [1.807, 2.05) is 6.92 Å². The quantitative estimate of drug-likeness (QED) is 0.927.